The molecule has 0 aromatic heterocycles. The van der Waals surface area contributed by atoms with Crippen molar-refractivity contribution < 1.29 is 4.74 Å². The van der Waals surface area contributed by atoms with Gasteiger partial charge in [0.2, 0.25) is 0 Å². The third-order valence-corrected chi connectivity index (χ3v) is 7.93. The minimum absolute atomic E-state index is 0.0313. The Balaban J connectivity index is 1.16. The van der Waals surface area contributed by atoms with Crippen LogP contribution in [0.1, 0.15) is 42.4 Å². The summed E-state index contributed by atoms with van der Waals surface area (Å²) >= 11 is 0. The van der Waals surface area contributed by atoms with Crippen LogP contribution in [0.5, 0.6) is 5.75 Å². The zero-order valence-electron chi connectivity index (χ0n) is 18.1. The average Bonchev–Trinajstić information content (AvgIpc) is 3.38. The summed E-state index contributed by atoms with van der Waals surface area (Å²) in [6.07, 6.45) is 11.6. The number of nitrogens with zero attached hydrogens (tertiary/aromatic N) is 2. The van der Waals surface area contributed by atoms with Crippen LogP contribution in [-0.4, -0.2) is 54.7 Å². The molecule has 0 bridgehead atoms. The molecule has 3 nitrogen and oxygen atoms in total. The molecule has 4 aliphatic rings. The van der Waals surface area contributed by atoms with Crippen molar-refractivity contribution in [3.05, 3.63) is 59.2 Å². The molecule has 0 saturated carbocycles. The minimum atomic E-state index is 0.0313. The fourth-order valence-corrected chi connectivity index (χ4v) is 5.98. The fourth-order valence-electron chi connectivity index (χ4n) is 5.98. The Morgan fingerprint density at radius 1 is 0.900 bits per heavy atom. The van der Waals surface area contributed by atoms with E-state index in [9.17, 15) is 0 Å². The van der Waals surface area contributed by atoms with Crippen molar-refractivity contribution in [2.45, 2.75) is 50.2 Å². The first kappa shape index (κ1) is 18.7. The molecular formula is C27H32N2O. The molecule has 2 fully saturated rings. The van der Waals surface area contributed by atoms with E-state index in [-0.39, 0.29) is 5.60 Å². The number of piperidine rings is 2. The molecule has 3 aliphatic heterocycles. The molecular weight excluding hydrogens is 368 g/mol. The predicted octanol–water partition coefficient (Wildman–Crippen LogP) is 4.79. The summed E-state index contributed by atoms with van der Waals surface area (Å²) in [6, 6.07) is 14.5. The average molecular weight is 401 g/mol. The third kappa shape index (κ3) is 3.29. The van der Waals surface area contributed by atoms with Gasteiger partial charge in [-0.3, -0.25) is 4.90 Å². The van der Waals surface area contributed by atoms with E-state index in [0.717, 1.165) is 37.5 Å². The van der Waals surface area contributed by atoms with Crippen molar-refractivity contribution in [3.8, 4) is 16.9 Å². The molecule has 2 saturated heterocycles. The zero-order chi connectivity index (χ0) is 20.1. The molecule has 2 aromatic carbocycles. The Morgan fingerprint density at radius 2 is 1.67 bits per heavy atom. The van der Waals surface area contributed by atoms with E-state index in [0.29, 0.717) is 0 Å². The summed E-state index contributed by atoms with van der Waals surface area (Å²) in [5.74, 6) is 1.12. The van der Waals surface area contributed by atoms with Gasteiger partial charge in [0.15, 0.2) is 0 Å². The van der Waals surface area contributed by atoms with E-state index in [4.69, 9.17) is 4.74 Å². The summed E-state index contributed by atoms with van der Waals surface area (Å²) in [7, 11) is 2.25. The molecule has 2 aromatic rings. The Kier molecular flexibility index (Phi) is 4.51. The number of likely N-dealkylation sites (tertiary alicyclic amines) is 2. The van der Waals surface area contributed by atoms with Crippen LogP contribution >= 0.6 is 0 Å². The maximum Gasteiger partial charge on any atom is 0.123 e. The minimum Gasteiger partial charge on any atom is -0.487 e. The number of fused-ring (bicyclic) bond motifs is 2. The van der Waals surface area contributed by atoms with Crippen molar-refractivity contribution in [1.29, 1.82) is 0 Å². The summed E-state index contributed by atoms with van der Waals surface area (Å²) < 4.78 is 6.61. The highest BCUT2D eigenvalue weighted by molar-refractivity contribution is 5.72. The van der Waals surface area contributed by atoms with E-state index < -0.39 is 0 Å². The summed E-state index contributed by atoms with van der Waals surface area (Å²) in [5, 5.41) is 0. The molecule has 1 aliphatic carbocycles. The standard InChI is InChI=1S/C27H32N2O/c1-28-13-9-25(10-14-28)29-15-11-27(12-16-29)19-24-18-23(7-8-26(24)30-27)22-6-5-20-3-2-4-21(20)17-22/h2,4-8,17-18,25H,3,9-16,19H2,1H3. The van der Waals surface area contributed by atoms with E-state index in [1.807, 2.05) is 0 Å². The van der Waals surface area contributed by atoms with E-state index >= 15 is 0 Å². The SMILES string of the molecule is CN1CCC(N2CCC3(CC2)Cc2cc(-c4ccc5c(c4)C=CC5)ccc2O3)CC1. The number of hydrogen-bond donors (Lipinski definition) is 0. The molecule has 0 atom stereocenters. The first-order chi connectivity index (χ1) is 14.7. The Bertz CT molecular complexity index is 978. The first-order valence-electron chi connectivity index (χ1n) is 11.7. The van der Waals surface area contributed by atoms with Gasteiger partial charge in [-0.15, -0.1) is 0 Å². The van der Waals surface area contributed by atoms with Crippen LogP contribution in [-0.2, 0) is 12.8 Å². The number of allylic oxidation sites excluding steroid dienone is 1. The highest BCUT2D eigenvalue weighted by atomic mass is 16.5. The number of rotatable bonds is 2. The van der Waals surface area contributed by atoms with E-state index in [1.165, 1.54) is 66.8 Å². The van der Waals surface area contributed by atoms with Gasteiger partial charge >= 0.3 is 0 Å². The van der Waals surface area contributed by atoms with Crippen LogP contribution in [0.25, 0.3) is 17.2 Å². The largest absolute Gasteiger partial charge is 0.487 e. The lowest BCUT2D eigenvalue weighted by atomic mass is 9.85. The van der Waals surface area contributed by atoms with Crippen molar-refractivity contribution in [2.75, 3.05) is 33.2 Å². The molecule has 1 spiro atoms. The van der Waals surface area contributed by atoms with E-state index in [1.54, 1.807) is 0 Å². The molecule has 0 amide bonds. The monoisotopic (exact) mass is 400 g/mol. The Morgan fingerprint density at radius 3 is 2.50 bits per heavy atom. The second-order valence-electron chi connectivity index (χ2n) is 9.87. The van der Waals surface area contributed by atoms with Crippen LogP contribution in [0, 0.1) is 0 Å². The number of ether oxygens (including phenoxy) is 1. The van der Waals surface area contributed by atoms with Gasteiger partial charge in [-0.25, -0.2) is 0 Å². The lowest BCUT2D eigenvalue weighted by Crippen LogP contribution is -2.52. The maximum atomic E-state index is 6.61. The zero-order valence-corrected chi connectivity index (χ0v) is 18.1. The normalized spacial score (nSPS) is 23.5. The van der Waals surface area contributed by atoms with Gasteiger partial charge in [0, 0.05) is 38.4 Å². The summed E-state index contributed by atoms with van der Waals surface area (Å²) in [4.78, 5) is 5.21. The second kappa shape index (κ2) is 7.25. The summed E-state index contributed by atoms with van der Waals surface area (Å²) in [6.45, 7) is 4.86. The quantitative estimate of drug-likeness (QED) is 0.721. The van der Waals surface area contributed by atoms with Gasteiger partial charge in [-0.1, -0.05) is 30.4 Å². The van der Waals surface area contributed by atoms with Gasteiger partial charge in [0.25, 0.3) is 0 Å². The highest BCUT2D eigenvalue weighted by Crippen LogP contribution is 2.43. The van der Waals surface area contributed by atoms with Gasteiger partial charge in [-0.05, 0) is 85.4 Å². The molecule has 0 unspecified atom stereocenters. The van der Waals surface area contributed by atoms with Gasteiger partial charge in [0.1, 0.15) is 11.4 Å². The fraction of sp³-hybridized carbons (Fsp3) is 0.481. The van der Waals surface area contributed by atoms with Crippen molar-refractivity contribution in [3.63, 3.8) is 0 Å². The van der Waals surface area contributed by atoms with Gasteiger partial charge < -0.3 is 9.64 Å². The summed E-state index contributed by atoms with van der Waals surface area (Å²) in [5.41, 5.74) is 6.89. The van der Waals surface area contributed by atoms with Gasteiger partial charge in [-0.2, -0.15) is 0 Å². The number of hydrogen-bond acceptors (Lipinski definition) is 3. The van der Waals surface area contributed by atoms with Crippen LogP contribution < -0.4 is 4.74 Å². The maximum absolute atomic E-state index is 6.61. The molecule has 3 heterocycles. The molecule has 0 N–H and O–H groups in total. The Labute approximate surface area is 180 Å². The molecule has 6 rings (SSSR count). The lowest BCUT2D eigenvalue weighted by molar-refractivity contribution is -0.00401. The highest BCUT2D eigenvalue weighted by Gasteiger charge is 2.43. The first-order valence-corrected chi connectivity index (χ1v) is 11.7. The topological polar surface area (TPSA) is 15.7 Å². The van der Waals surface area contributed by atoms with Crippen LogP contribution in [0.3, 0.4) is 0 Å². The smallest absolute Gasteiger partial charge is 0.123 e. The van der Waals surface area contributed by atoms with Crippen molar-refractivity contribution >= 4 is 6.08 Å². The molecule has 30 heavy (non-hydrogen) atoms. The van der Waals surface area contributed by atoms with Crippen molar-refractivity contribution in [1.82, 2.24) is 9.80 Å². The van der Waals surface area contributed by atoms with Crippen molar-refractivity contribution in [2.24, 2.45) is 0 Å². The third-order valence-electron chi connectivity index (χ3n) is 7.93. The second-order valence-corrected chi connectivity index (χ2v) is 9.87. The predicted molar refractivity (Wildman–Crippen MR) is 123 cm³/mol. The van der Waals surface area contributed by atoms with E-state index in [2.05, 4.69) is 65.4 Å². The van der Waals surface area contributed by atoms with Gasteiger partial charge in [0.05, 0.1) is 0 Å². The molecule has 156 valence electrons. The number of benzene rings is 2. The van der Waals surface area contributed by atoms with Crippen LogP contribution in [0.15, 0.2) is 42.5 Å². The molecule has 0 radical (unpaired) electrons. The van der Waals surface area contributed by atoms with Crippen LogP contribution in [0.2, 0.25) is 0 Å². The van der Waals surface area contributed by atoms with Crippen LogP contribution in [0.4, 0.5) is 0 Å². The lowest BCUT2D eigenvalue weighted by Gasteiger charge is -2.44. The molecule has 3 heteroatoms. The Hall–Kier alpha value is -2.10.